The van der Waals surface area contributed by atoms with Crippen LogP contribution >= 0.6 is 15.9 Å². The van der Waals surface area contributed by atoms with Crippen molar-refractivity contribution in [3.8, 4) is 5.75 Å². The first-order valence-corrected chi connectivity index (χ1v) is 13.9. The quantitative estimate of drug-likeness (QED) is 0.348. The van der Waals surface area contributed by atoms with E-state index in [1.54, 1.807) is 38.4 Å². The molecule has 0 amide bonds. The van der Waals surface area contributed by atoms with Gasteiger partial charge in [-0.15, -0.1) is 3.77 Å². The van der Waals surface area contributed by atoms with E-state index in [-0.39, 0.29) is 4.90 Å². The van der Waals surface area contributed by atoms with Crippen molar-refractivity contribution in [3.63, 3.8) is 0 Å². The molecule has 0 aliphatic carbocycles. The molecule has 3 N–H and O–H groups in total. The van der Waals surface area contributed by atoms with Gasteiger partial charge in [0.05, 0.1) is 22.1 Å². The molecule has 1 unspecified atom stereocenters. The van der Waals surface area contributed by atoms with E-state index < -0.39 is 26.3 Å². The molecule has 0 radical (unpaired) electrons. The Morgan fingerprint density at radius 2 is 1.79 bits per heavy atom. The van der Waals surface area contributed by atoms with E-state index in [1.165, 1.54) is 19.2 Å². The molecule has 9 nitrogen and oxygen atoms in total. The maximum absolute atomic E-state index is 12.6. The smallest absolute Gasteiger partial charge is 0.288 e. The molecule has 0 aliphatic rings. The van der Waals surface area contributed by atoms with Crippen molar-refractivity contribution in [2.24, 2.45) is 3.77 Å². The van der Waals surface area contributed by atoms with E-state index in [4.69, 9.17) is 4.74 Å². The molecule has 0 aliphatic heterocycles. The van der Waals surface area contributed by atoms with Crippen molar-refractivity contribution in [1.29, 1.82) is 0 Å². The van der Waals surface area contributed by atoms with Crippen molar-refractivity contribution < 1.29 is 18.3 Å². The highest BCUT2D eigenvalue weighted by Gasteiger charge is 2.15. The number of nitrogens with one attached hydrogen (secondary N) is 2. The molecule has 0 saturated heterocycles. The molecule has 1 heterocycles. The lowest BCUT2D eigenvalue weighted by molar-refractivity contribution is 0.0944. The molecule has 2 aromatic carbocycles. The van der Waals surface area contributed by atoms with E-state index in [0.29, 0.717) is 28.5 Å². The topological polar surface area (TPSA) is 126 Å². The molecule has 0 bridgehead atoms. The van der Waals surface area contributed by atoms with Crippen LogP contribution in [0.15, 0.2) is 72.8 Å². The second-order valence-corrected chi connectivity index (χ2v) is 12.2. The summed E-state index contributed by atoms with van der Waals surface area (Å²) in [7, 11) is -3.16. The second-order valence-electron chi connectivity index (χ2n) is 7.91. The van der Waals surface area contributed by atoms with Gasteiger partial charge < -0.3 is 20.5 Å². The third kappa shape index (κ3) is 7.23. The number of sulfonamides is 1. The summed E-state index contributed by atoms with van der Waals surface area (Å²) in [4.78, 5) is 9.57. The number of ether oxygens (including phenoxy) is 1. The Morgan fingerprint density at radius 3 is 2.38 bits per heavy atom. The van der Waals surface area contributed by atoms with Crippen molar-refractivity contribution in [3.05, 3.63) is 59.2 Å². The Kier molecular flexibility index (Phi) is 8.29. The number of aliphatic hydroxyl groups is 1. The Labute approximate surface area is 210 Å². The summed E-state index contributed by atoms with van der Waals surface area (Å²) >= 11 is 3.40. The summed E-state index contributed by atoms with van der Waals surface area (Å²) in [5, 5.41) is 16.1. The summed E-state index contributed by atoms with van der Waals surface area (Å²) in [6, 6.07) is 13.4. The second kappa shape index (κ2) is 10.8. The SMILES string of the molecule is COc1ccc(S(=O)(=O)N=S(C)c2ccc(Nc3ncc(Br)c(NCC(C)(C)O)n3)cc2)cc1. The van der Waals surface area contributed by atoms with Gasteiger partial charge in [0.15, 0.2) is 0 Å². The van der Waals surface area contributed by atoms with Crippen molar-refractivity contribution in [1.82, 2.24) is 9.97 Å². The minimum Gasteiger partial charge on any atom is -0.497 e. The van der Waals surface area contributed by atoms with Gasteiger partial charge in [-0.2, -0.15) is 13.4 Å². The number of anilines is 3. The number of rotatable bonds is 9. The highest BCUT2D eigenvalue weighted by atomic mass is 79.9. The molecule has 3 aromatic rings. The lowest BCUT2D eigenvalue weighted by atomic mass is 10.1. The minimum absolute atomic E-state index is 0.118. The molecule has 3 rings (SSSR count). The van der Waals surface area contributed by atoms with Gasteiger partial charge in [-0.3, -0.25) is 0 Å². The fourth-order valence-electron chi connectivity index (χ4n) is 2.70. The standard InChI is InChI=1S/C22H26BrN5O4S2/c1-22(2,29)14-25-20-19(23)13-24-21(27-20)26-15-5-9-17(10-6-15)33(4)28-34(30,31)18-11-7-16(32-3)8-12-18/h5-13,29H,14H2,1-4H3,(H2,24,25,26,27). The Hall–Kier alpha value is -2.54. The zero-order chi connectivity index (χ0) is 24.9. The molecule has 0 spiro atoms. The summed E-state index contributed by atoms with van der Waals surface area (Å²) in [6.45, 7) is 3.72. The van der Waals surface area contributed by atoms with E-state index >= 15 is 0 Å². The zero-order valence-corrected chi connectivity index (χ0v) is 22.3. The number of hydrogen-bond donors (Lipinski definition) is 3. The number of aromatic nitrogens is 2. The van der Waals surface area contributed by atoms with Crippen molar-refractivity contribution in [2.75, 3.05) is 30.5 Å². The Bertz CT molecular complexity index is 1280. The first kappa shape index (κ1) is 26.1. The average molecular weight is 569 g/mol. The molecule has 182 valence electrons. The van der Waals surface area contributed by atoms with Crippen LogP contribution in [0.5, 0.6) is 5.75 Å². The van der Waals surface area contributed by atoms with Gasteiger partial charge in [0, 0.05) is 23.3 Å². The summed E-state index contributed by atoms with van der Waals surface area (Å²) in [5.74, 6) is 1.50. The molecule has 12 heteroatoms. The van der Waals surface area contributed by atoms with Crippen molar-refractivity contribution >= 4 is 54.1 Å². The van der Waals surface area contributed by atoms with Crippen LogP contribution in [0, 0.1) is 0 Å². The molecule has 34 heavy (non-hydrogen) atoms. The number of halogens is 1. The van der Waals surface area contributed by atoms with Gasteiger partial charge in [-0.05, 0) is 84.6 Å². The van der Waals surface area contributed by atoms with Gasteiger partial charge in [0.2, 0.25) is 5.95 Å². The molecule has 0 saturated carbocycles. The Morgan fingerprint density at radius 1 is 1.15 bits per heavy atom. The maximum Gasteiger partial charge on any atom is 0.288 e. The van der Waals surface area contributed by atoms with Crippen molar-refractivity contribution in [2.45, 2.75) is 29.2 Å². The fraction of sp³-hybridized carbons (Fsp3) is 0.273. The maximum atomic E-state index is 12.6. The number of methoxy groups -OCH3 is 1. The molecule has 1 aromatic heterocycles. The van der Waals surface area contributed by atoms with Crippen LogP contribution < -0.4 is 15.4 Å². The fourth-order valence-corrected chi connectivity index (χ4v) is 5.90. The third-order valence-electron chi connectivity index (χ3n) is 4.45. The minimum atomic E-state index is -3.80. The highest BCUT2D eigenvalue weighted by Crippen LogP contribution is 2.24. The van der Waals surface area contributed by atoms with Crippen LogP contribution in [0.2, 0.25) is 0 Å². The van der Waals surface area contributed by atoms with Crippen LogP contribution in [0.1, 0.15) is 13.8 Å². The van der Waals surface area contributed by atoms with Gasteiger partial charge >= 0.3 is 0 Å². The first-order valence-electron chi connectivity index (χ1n) is 10.1. The largest absolute Gasteiger partial charge is 0.497 e. The zero-order valence-electron chi connectivity index (χ0n) is 19.1. The summed E-state index contributed by atoms with van der Waals surface area (Å²) in [6.07, 6.45) is 3.37. The molecule has 1 atom stereocenters. The number of hydrogen-bond acceptors (Lipinski definition) is 8. The van der Waals surface area contributed by atoms with E-state index in [1.807, 2.05) is 24.3 Å². The van der Waals surface area contributed by atoms with Crippen LogP contribution in [-0.4, -0.2) is 49.0 Å². The molecular formula is C22H26BrN5O4S2. The predicted octanol–water partition coefficient (Wildman–Crippen LogP) is 4.35. The van der Waals surface area contributed by atoms with Crippen LogP contribution in [0.4, 0.5) is 17.5 Å². The summed E-state index contributed by atoms with van der Waals surface area (Å²) < 4.78 is 35.1. The van der Waals surface area contributed by atoms with Crippen LogP contribution in [-0.2, 0) is 20.7 Å². The van der Waals surface area contributed by atoms with E-state index in [0.717, 1.165) is 10.6 Å². The van der Waals surface area contributed by atoms with E-state index in [9.17, 15) is 13.5 Å². The predicted molar refractivity (Wildman–Crippen MR) is 138 cm³/mol. The summed E-state index contributed by atoms with van der Waals surface area (Å²) in [5.41, 5.74) is -0.161. The average Bonchev–Trinajstić information content (AvgIpc) is 2.79. The van der Waals surface area contributed by atoms with E-state index in [2.05, 4.69) is 40.3 Å². The number of nitrogens with zero attached hydrogens (tertiary/aromatic N) is 3. The van der Waals surface area contributed by atoms with Gasteiger partial charge in [-0.1, -0.05) is 10.7 Å². The normalized spacial score (nSPS) is 12.9. The lowest BCUT2D eigenvalue weighted by Crippen LogP contribution is -2.29. The monoisotopic (exact) mass is 567 g/mol. The third-order valence-corrected chi connectivity index (χ3v) is 8.53. The lowest BCUT2D eigenvalue weighted by Gasteiger charge is -2.18. The Balaban J connectivity index is 1.73. The highest BCUT2D eigenvalue weighted by molar-refractivity contribution is 9.10. The number of benzene rings is 2. The first-order chi connectivity index (χ1) is 16.0. The molecule has 0 fully saturated rings. The molecular weight excluding hydrogens is 542 g/mol. The van der Waals surface area contributed by atoms with Crippen LogP contribution in [0.3, 0.4) is 0 Å². The van der Waals surface area contributed by atoms with Gasteiger partial charge in [0.25, 0.3) is 10.0 Å². The van der Waals surface area contributed by atoms with Gasteiger partial charge in [0.1, 0.15) is 11.6 Å². The van der Waals surface area contributed by atoms with Gasteiger partial charge in [-0.25, -0.2) is 4.98 Å². The van der Waals surface area contributed by atoms with Crippen LogP contribution in [0.25, 0.3) is 0 Å².